The third-order valence-corrected chi connectivity index (χ3v) is 4.00. The second-order valence-corrected chi connectivity index (χ2v) is 5.99. The summed E-state index contributed by atoms with van der Waals surface area (Å²) in [6.45, 7) is 1.54. The fourth-order valence-electron chi connectivity index (χ4n) is 2.68. The zero-order valence-electron chi connectivity index (χ0n) is 13.2. The Morgan fingerprint density at radius 1 is 1.38 bits per heavy atom. The van der Waals surface area contributed by atoms with Gasteiger partial charge in [0.2, 0.25) is 5.91 Å². The second-order valence-electron chi connectivity index (χ2n) is 5.99. The number of hydrogen-bond donors (Lipinski definition) is 1. The summed E-state index contributed by atoms with van der Waals surface area (Å²) >= 11 is 0. The molecule has 1 saturated carbocycles. The first kappa shape index (κ1) is 18.1. The van der Waals surface area contributed by atoms with E-state index in [1.54, 1.807) is 6.07 Å². The summed E-state index contributed by atoms with van der Waals surface area (Å²) in [4.78, 5) is 24.5. The minimum atomic E-state index is -4.79. The Hall–Kier alpha value is -2.25. The van der Waals surface area contributed by atoms with Crippen molar-refractivity contribution in [2.24, 2.45) is 11.8 Å². The molecule has 2 rings (SSSR count). The summed E-state index contributed by atoms with van der Waals surface area (Å²) in [5.74, 6) is -3.09. The number of alkyl halides is 3. The van der Waals surface area contributed by atoms with Gasteiger partial charge < -0.3 is 14.7 Å². The Balaban J connectivity index is 2.05. The third-order valence-electron chi connectivity index (χ3n) is 4.00. The van der Waals surface area contributed by atoms with E-state index in [-0.39, 0.29) is 24.1 Å². The van der Waals surface area contributed by atoms with Crippen molar-refractivity contribution in [2.45, 2.75) is 25.6 Å². The zero-order chi connectivity index (χ0) is 18.1. The number of amides is 1. The van der Waals surface area contributed by atoms with Crippen molar-refractivity contribution in [3.05, 3.63) is 29.8 Å². The van der Waals surface area contributed by atoms with Gasteiger partial charge in [-0.05, 0) is 24.0 Å². The molecule has 0 heterocycles. The number of rotatable bonds is 6. The molecule has 0 radical (unpaired) electrons. The van der Waals surface area contributed by atoms with Crippen LogP contribution in [-0.2, 0) is 9.59 Å². The van der Waals surface area contributed by atoms with Crippen molar-refractivity contribution in [2.75, 3.05) is 13.6 Å². The number of carbonyl (C=O) groups excluding carboxylic acids is 1. The molecule has 24 heavy (non-hydrogen) atoms. The molecule has 0 saturated heterocycles. The van der Waals surface area contributed by atoms with Crippen LogP contribution in [0.15, 0.2) is 24.3 Å². The number of aliphatic carboxylic acids is 1. The van der Waals surface area contributed by atoms with E-state index in [4.69, 9.17) is 5.11 Å². The number of carboxylic acid groups (broad SMARTS) is 1. The van der Waals surface area contributed by atoms with E-state index in [0.717, 1.165) is 0 Å². The number of carboxylic acids is 1. The maximum atomic E-state index is 12.5. The van der Waals surface area contributed by atoms with Crippen LogP contribution in [0.2, 0.25) is 0 Å². The molecule has 0 unspecified atom stereocenters. The second kappa shape index (κ2) is 6.70. The summed E-state index contributed by atoms with van der Waals surface area (Å²) in [7, 11) is 1.50. The minimum absolute atomic E-state index is 0.0537. The Bertz CT molecular complexity index is 632. The van der Waals surface area contributed by atoms with Crippen LogP contribution in [0.4, 0.5) is 13.2 Å². The molecule has 132 valence electrons. The molecule has 1 aromatic carbocycles. The SMILES string of the molecule is C[C@H](CN(C)C(=O)[C@@H]1C[C@@H]1c1ccccc1OC(F)(F)F)C(=O)O. The monoisotopic (exact) mass is 345 g/mol. The molecule has 1 amide bonds. The molecule has 5 nitrogen and oxygen atoms in total. The van der Waals surface area contributed by atoms with Gasteiger partial charge in [-0.25, -0.2) is 0 Å². The molecule has 0 aromatic heterocycles. The average molecular weight is 345 g/mol. The van der Waals surface area contributed by atoms with E-state index < -0.39 is 24.2 Å². The Morgan fingerprint density at radius 3 is 2.58 bits per heavy atom. The van der Waals surface area contributed by atoms with E-state index in [0.29, 0.717) is 12.0 Å². The summed E-state index contributed by atoms with van der Waals surface area (Å²) in [5.41, 5.74) is 0.341. The van der Waals surface area contributed by atoms with Crippen molar-refractivity contribution in [3.63, 3.8) is 0 Å². The summed E-state index contributed by atoms with van der Waals surface area (Å²) in [5, 5.41) is 8.88. The summed E-state index contributed by atoms with van der Waals surface area (Å²) < 4.78 is 41.4. The molecule has 1 aliphatic carbocycles. The third kappa shape index (κ3) is 4.39. The van der Waals surface area contributed by atoms with Gasteiger partial charge in [-0.3, -0.25) is 9.59 Å². The maximum absolute atomic E-state index is 12.5. The standard InChI is InChI=1S/C16H18F3NO4/c1-9(15(22)23)8-20(2)14(21)12-7-11(12)10-5-3-4-6-13(10)24-16(17,18)19/h3-6,9,11-12H,7-8H2,1-2H3,(H,22,23)/t9-,11-,12-/m1/s1. The molecule has 1 fully saturated rings. The fourth-order valence-corrected chi connectivity index (χ4v) is 2.68. The van der Waals surface area contributed by atoms with Gasteiger partial charge in [0.1, 0.15) is 5.75 Å². The fraction of sp³-hybridized carbons (Fsp3) is 0.500. The lowest BCUT2D eigenvalue weighted by molar-refractivity contribution is -0.274. The number of hydrogen-bond acceptors (Lipinski definition) is 3. The highest BCUT2D eigenvalue weighted by Crippen LogP contribution is 2.51. The number of halogens is 3. The highest BCUT2D eigenvalue weighted by Gasteiger charge is 2.47. The van der Waals surface area contributed by atoms with E-state index in [2.05, 4.69) is 4.74 Å². The lowest BCUT2D eigenvalue weighted by Gasteiger charge is -2.20. The summed E-state index contributed by atoms with van der Waals surface area (Å²) in [6.07, 6.45) is -4.37. The molecule has 0 bridgehead atoms. The van der Waals surface area contributed by atoms with E-state index >= 15 is 0 Å². The van der Waals surface area contributed by atoms with Gasteiger partial charge in [0.25, 0.3) is 0 Å². The van der Waals surface area contributed by atoms with Gasteiger partial charge in [0, 0.05) is 19.5 Å². The molecule has 0 aliphatic heterocycles. The van der Waals surface area contributed by atoms with Crippen LogP contribution in [0, 0.1) is 11.8 Å². The van der Waals surface area contributed by atoms with Crippen LogP contribution in [0.5, 0.6) is 5.75 Å². The Labute approximate surface area is 137 Å². The number of carbonyl (C=O) groups is 2. The first-order chi connectivity index (χ1) is 11.1. The molecule has 3 atom stereocenters. The zero-order valence-corrected chi connectivity index (χ0v) is 13.2. The van der Waals surface area contributed by atoms with Gasteiger partial charge in [-0.2, -0.15) is 0 Å². The first-order valence-corrected chi connectivity index (χ1v) is 7.42. The van der Waals surface area contributed by atoms with Crippen LogP contribution in [0.25, 0.3) is 0 Å². The molecule has 1 aromatic rings. The molecule has 8 heteroatoms. The predicted molar refractivity (Wildman–Crippen MR) is 78.4 cm³/mol. The number of benzene rings is 1. The topological polar surface area (TPSA) is 66.8 Å². The van der Waals surface area contributed by atoms with Gasteiger partial charge in [0.15, 0.2) is 0 Å². The molecule has 1 aliphatic rings. The molecular formula is C16H18F3NO4. The highest BCUT2D eigenvalue weighted by molar-refractivity contribution is 5.83. The van der Waals surface area contributed by atoms with Crippen molar-refractivity contribution in [1.82, 2.24) is 4.90 Å². The van der Waals surface area contributed by atoms with Crippen molar-refractivity contribution < 1.29 is 32.6 Å². The quantitative estimate of drug-likeness (QED) is 0.861. The minimum Gasteiger partial charge on any atom is -0.481 e. The van der Waals surface area contributed by atoms with Crippen LogP contribution < -0.4 is 4.74 Å². The Morgan fingerprint density at radius 2 is 2.00 bits per heavy atom. The maximum Gasteiger partial charge on any atom is 0.573 e. The van der Waals surface area contributed by atoms with Gasteiger partial charge in [0.05, 0.1) is 5.92 Å². The van der Waals surface area contributed by atoms with Crippen LogP contribution in [-0.4, -0.2) is 41.8 Å². The first-order valence-electron chi connectivity index (χ1n) is 7.42. The van der Waals surface area contributed by atoms with E-state index in [9.17, 15) is 22.8 Å². The molecular weight excluding hydrogens is 327 g/mol. The van der Waals surface area contributed by atoms with Crippen LogP contribution >= 0.6 is 0 Å². The lowest BCUT2D eigenvalue weighted by Crippen LogP contribution is -2.34. The van der Waals surface area contributed by atoms with Crippen molar-refractivity contribution in [3.8, 4) is 5.75 Å². The number of ether oxygens (including phenoxy) is 1. The molecule has 1 N–H and O–H groups in total. The summed E-state index contributed by atoms with van der Waals surface area (Å²) in [6, 6.07) is 5.76. The van der Waals surface area contributed by atoms with Crippen molar-refractivity contribution in [1.29, 1.82) is 0 Å². The van der Waals surface area contributed by atoms with Gasteiger partial charge >= 0.3 is 12.3 Å². The van der Waals surface area contributed by atoms with Crippen molar-refractivity contribution >= 4 is 11.9 Å². The smallest absolute Gasteiger partial charge is 0.481 e. The average Bonchev–Trinajstić information content (AvgIpc) is 3.25. The number of para-hydroxylation sites is 1. The predicted octanol–water partition coefficient (Wildman–Crippen LogP) is 2.87. The number of nitrogens with zero attached hydrogens (tertiary/aromatic N) is 1. The van der Waals surface area contributed by atoms with Gasteiger partial charge in [-0.1, -0.05) is 25.1 Å². The van der Waals surface area contributed by atoms with Gasteiger partial charge in [-0.15, -0.1) is 13.2 Å². The lowest BCUT2D eigenvalue weighted by atomic mass is 10.1. The Kier molecular flexibility index (Phi) is 5.05. The normalized spacial score (nSPS) is 21.0. The molecule has 0 spiro atoms. The van der Waals surface area contributed by atoms with Crippen LogP contribution in [0.1, 0.15) is 24.8 Å². The largest absolute Gasteiger partial charge is 0.573 e. The van der Waals surface area contributed by atoms with E-state index in [1.165, 1.54) is 37.1 Å². The van der Waals surface area contributed by atoms with Crippen LogP contribution in [0.3, 0.4) is 0 Å². The van der Waals surface area contributed by atoms with E-state index in [1.807, 2.05) is 0 Å². The highest BCUT2D eigenvalue weighted by atomic mass is 19.4.